The van der Waals surface area contributed by atoms with E-state index in [2.05, 4.69) is 33.8 Å². The summed E-state index contributed by atoms with van der Waals surface area (Å²) in [5.74, 6) is 0.926. The predicted molar refractivity (Wildman–Crippen MR) is 76.8 cm³/mol. The molecule has 0 aromatic heterocycles. The Morgan fingerprint density at radius 3 is 2.76 bits per heavy atom. The van der Waals surface area contributed by atoms with E-state index in [-0.39, 0.29) is 0 Å². The summed E-state index contributed by atoms with van der Waals surface area (Å²) in [4.78, 5) is 2.52. The summed E-state index contributed by atoms with van der Waals surface area (Å²) in [5.41, 5.74) is 8.04. The van der Waals surface area contributed by atoms with Crippen molar-refractivity contribution in [2.75, 3.05) is 18.8 Å². The van der Waals surface area contributed by atoms with Crippen molar-refractivity contribution in [3.63, 3.8) is 0 Å². The molecule has 94 valence electrons. The highest BCUT2D eigenvalue weighted by Gasteiger charge is 2.20. The van der Waals surface area contributed by atoms with Crippen molar-refractivity contribution in [1.82, 2.24) is 4.90 Å². The van der Waals surface area contributed by atoms with Gasteiger partial charge in [-0.15, -0.1) is 0 Å². The fourth-order valence-electron chi connectivity index (χ4n) is 2.31. The van der Waals surface area contributed by atoms with E-state index in [1.54, 1.807) is 0 Å². The van der Waals surface area contributed by atoms with Gasteiger partial charge in [-0.3, -0.25) is 4.90 Å². The Morgan fingerprint density at radius 1 is 1.41 bits per heavy atom. The molecular weight excluding hydrogens is 276 g/mol. The molecule has 3 heteroatoms. The molecule has 2 nitrogen and oxygen atoms in total. The second-order valence-electron chi connectivity index (χ2n) is 4.95. The van der Waals surface area contributed by atoms with Crippen molar-refractivity contribution in [3.8, 4) is 0 Å². The molecule has 0 saturated heterocycles. The van der Waals surface area contributed by atoms with Crippen molar-refractivity contribution in [2.45, 2.75) is 32.7 Å². The van der Waals surface area contributed by atoms with Gasteiger partial charge in [0.2, 0.25) is 0 Å². The van der Waals surface area contributed by atoms with E-state index in [4.69, 9.17) is 5.73 Å². The lowest BCUT2D eigenvalue weighted by Gasteiger charge is -2.32. The van der Waals surface area contributed by atoms with E-state index in [0.29, 0.717) is 0 Å². The molecular formula is C14H21BrN2. The van der Waals surface area contributed by atoms with Crippen molar-refractivity contribution >= 4 is 21.6 Å². The van der Waals surface area contributed by atoms with Crippen LogP contribution in [0.5, 0.6) is 0 Å². The van der Waals surface area contributed by atoms with Gasteiger partial charge in [-0.1, -0.05) is 25.5 Å². The lowest BCUT2D eigenvalue weighted by molar-refractivity contribution is 0.178. The highest BCUT2D eigenvalue weighted by Crippen LogP contribution is 2.29. The van der Waals surface area contributed by atoms with Gasteiger partial charge < -0.3 is 5.73 Å². The van der Waals surface area contributed by atoms with Crippen LogP contribution in [0.4, 0.5) is 5.69 Å². The fraction of sp³-hybridized carbons (Fsp3) is 0.571. The molecule has 2 N–H and O–H groups in total. The van der Waals surface area contributed by atoms with Gasteiger partial charge in [0.1, 0.15) is 0 Å². The summed E-state index contributed by atoms with van der Waals surface area (Å²) in [5, 5.41) is 0. The van der Waals surface area contributed by atoms with Crippen LogP contribution in [0.1, 0.15) is 31.7 Å². The molecule has 0 aliphatic heterocycles. The summed E-state index contributed by atoms with van der Waals surface area (Å²) in [6, 6.07) is 6.13. The van der Waals surface area contributed by atoms with E-state index >= 15 is 0 Å². The molecule has 0 heterocycles. The maximum Gasteiger partial charge on any atom is 0.0461 e. The van der Waals surface area contributed by atoms with Crippen LogP contribution in [0.25, 0.3) is 0 Å². The summed E-state index contributed by atoms with van der Waals surface area (Å²) < 4.78 is 1.06. The van der Waals surface area contributed by atoms with Crippen LogP contribution in [0.3, 0.4) is 0 Å². The van der Waals surface area contributed by atoms with E-state index in [9.17, 15) is 0 Å². The maximum absolute atomic E-state index is 5.91. The normalized spacial score (nSPS) is 16.2. The Morgan fingerprint density at radius 2 is 2.18 bits per heavy atom. The third-order valence-corrected chi connectivity index (χ3v) is 4.66. The van der Waals surface area contributed by atoms with Gasteiger partial charge in [-0.2, -0.15) is 0 Å². The Bertz CT molecular complexity index is 374. The van der Waals surface area contributed by atoms with Crippen molar-refractivity contribution < 1.29 is 0 Å². The minimum absolute atomic E-state index is 0.835. The molecule has 0 unspecified atom stereocenters. The van der Waals surface area contributed by atoms with Crippen LogP contribution in [0.2, 0.25) is 0 Å². The molecule has 1 aliphatic carbocycles. The standard InChI is InChI=1S/C14H21BrN2/c1-2-17(9-11-5-3-6-11)10-12-7-4-8-13(16)14(12)15/h4,7-8,11H,2-3,5-6,9-10,16H2,1H3. The van der Waals surface area contributed by atoms with Crippen LogP contribution in [0, 0.1) is 5.92 Å². The Kier molecular flexibility index (Phi) is 4.46. The number of anilines is 1. The van der Waals surface area contributed by atoms with Crippen LogP contribution in [0.15, 0.2) is 22.7 Å². The zero-order valence-corrected chi connectivity index (χ0v) is 12.0. The second kappa shape index (κ2) is 5.87. The largest absolute Gasteiger partial charge is 0.398 e. The summed E-state index contributed by atoms with van der Waals surface area (Å²) in [7, 11) is 0. The fourth-order valence-corrected chi connectivity index (χ4v) is 2.70. The molecule has 0 bridgehead atoms. The summed E-state index contributed by atoms with van der Waals surface area (Å²) >= 11 is 3.58. The SMILES string of the molecule is CCN(Cc1cccc(N)c1Br)CC1CCC1. The number of rotatable bonds is 5. The van der Waals surface area contributed by atoms with Crippen molar-refractivity contribution in [2.24, 2.45) is 5.92 Å². The molecule has 1 saturated carbocycles. The van der Waals surface area contributed by atoms with Crippen molar-refractivity contribution in [1.29, 1.82) is 0 Å². The van der Waals surface area contributed by atoms with Gasteiger partial charge in [0.25, 0.3) is 0 Å². The minimum atomic E-state index is 0.835. The first kappa shape index (κ1) is 12.9. The quantitative estimate of drug-likeness (QED) is 0.841. The highest BCUT2D eigenvalue weighted by atomic mass is 79.9. The lowest BCUT2D eigenvalue weighted by atomic mass is 9.85. The zero-order valence-electron chi connectivity index (χ0n) is 10.5. The molecule has 1 aromatic rings. The number of nitrogen functional groups attached to an aromatic ring is 1. The molecule has 1 fully saturated rings. The predicted octanol–water partition coefficient (Wildman–Crippen LogP) is 3.65. The van der Waals surface area contributed by atoms with Crippen molar-refractivity contribution in [3.05, 3.63) is 28.2 Å². The third kappa shape index (κ3) is 3.23. The molecule has 0 atom stereocenters. The maximum atomic E-state index is 5.91. The van der Waals surface area contributed by atoms with E-state index in [1.807, 2.05) is 12.1 Å². The van der Waals surface area contributed by atoms with E-state index in [0.717, 1.165) is 29.2 Å². The van der Waals surface area contributed by atoms with E-state index in [1.165, 1.54) is 31.4 Å². The Labute approximate surface area is 112 Å². The van der Waals surface area contributed by atoms with E-state index < -0.39 is 0 Å². The second-order valence-corrected chi connectivity index (χ2v) is 5.74. The molecule has 0 radical (unpaired) electrons. The molecule has 17 heavy (non-hydrogen) atoms. The molecule has 0 amide bonds. The number of nitrogens with two attached hydrogens (primary N) is 1. The summed E-state index contributed by atoms with van der Waals surface area (Å²) in [6.45, 7) is 5.58. The van der Waals surface area contributed by atoms with Gasteiger partial charge in [0.15, 0.2) is 0 Å². The molecule has 0 spiro atoms. The van der Waals surface area contributed by atoms with Crippen LogP contribution >= 0.6 is 15.9 Å². The number of hydrogen-bond donors (Lipinski definition) is 1. The average molecular weight is 297 g/mol. The monoisotopic (exact) mass is 296 g/mol. The summed E-state index contributed by atoms with van der Waals surface area (Å²) in [6.07, 6.45) is 4.24. The molecule has 2 rings (SSSR count). The highest BCUT2D eigenvalue weighted by molar-refractivity contribution is 9.10. The average Bonchev–Trinajstić information content (AvgIpc) is 2.27. The van der Waals surface area contributed by atoms with Crippen LogP contribution < -0.4 is 5.73 Å². The van der Waals surface area contributed by atoms with Crippen LogP contribution in [-0.2, 0) is 6.54 Å². The first-order chi connectivity index (χ1) is 8.20. The number of hydrogen-bond acceptors (Lipinski definition) is 2. The third-order valence-electron chi connectivity index (χ3n) is 3.69. The zero-order chi connectivity index (χ0) is 12.3. The Hall–Kier alpha value is -0.540. The van der Waals surface area contributed by atoms with Gasteiger partial charge in [-0.25, -0.2) is 0 Å². The first-order valence-corrected chi connectivity index (χ1v) is 7.25. The first-order valence-electron chi connectivity index (χ1n) is 6.46. The molecule has 1 aliphatic rings. The number of benzene rings is 1. The van der Waals surface area contributed by atoms with Gasteiger partial charge in [0, 0.05) is 23.2 Å². The van der Waals surface area contributed by atoms with Gasteiger partial charge in [0.05, 0.1) is 0 Å². The Balaban J connectivity index is 1.99. The smallest absolute Gasteiger partial charge is 0.0461 e. The number of nitrogens with zero attached hydrogens (tertiary/aromatic N) is 1. The minimum Gasteiger partial charge on any atom is -0.398 e. The van der Waals surface area contributed by atoms with Crippen LogP contribution in [-0.4, -0.2) is 18.0 Å². The van der Waals surface area contributed by atoms with Gasteiger partial charge >= 0.3 is 0 Å². The van der Waals surface area contributed by atoms with Gasteiger partial charge in [-0.05, 0) is 52.9 Å². The topological polar surface area (TPSA) is 29.3 Å². The molecule has 1 aromatic carbocycles. The lowest BCUT2D eigenvalue weighted by Crippen LogP contribution is -2.32. The number of halogens is 1.